The van der Waals surface area contributed by atoms with Gasteiger partial charge in [0.15, 0.2) is 5.82 Å². The second-order valence-electron chi connectivity index (χ2n) is 7.42. The van der Waals surface area contributed by atoms with E-state index in [0.29, 0.717) is 16.1 Å². The lowest BCUT2D eigenvalue weighted by Crippen LogP contribution is -2.08. The molecular formula is C25H18F2N4OS. The normalized spacial score (nSPS) is 12.1. The number of hydrogen-bond donors (Lipinski definition) is 2. The Hall–Kier alpha value is -3.91. The number of H-pyrrole nitrogens is 1. The second-order valence-corrected chi connectivity index (χ2v) is 8.64. The van der Waals surface area contributed by atoms with Gasteiger partial charge in [0.2, 0.25) is 0 Å². The number of pyridine rings is 2. The molecule has 3 aromatic heterocycles. The summed E-state index contributed by atoms with van der Waals surface area (Å²) in [5.41, 5.74) is 2.93. The maximum atomic E-state index is 15.3. The van der Waals surface area contributed by atoms with Crippen LogP contribution in [0.5, 0.6) is 0 Å². The molecule has 33 heavy (non-hydrogen) atoms. The average molecular weight is 461 g/mol. The molecule has 2 aromatic carbocycles. The summed E-state index contributed by atoms with van der Waals surface area (Å²) in [4.78, 5) is 12.1. The van der Waals surface area contributed by atoms with Crippen LogP contribution >= 0.6 is 0 Å². The summed E-state index contributed by atoms with van der Waals surface area (Å²) < 4.78 is 45.1. The molecule has 5 nitrogen and oxygen atoms in total. The van der Waals surface area contributed by atoms with Crippen molar-refractivity contribution in [1.29, 1.82) is 0 Å². The molecule has 8 heteroatoms. The summed E-state index contributed by atoms with van der Waals surface area (Å²) in [5, 5.41) is 0.765. The van der Waals surface area contributed by atoms with Crippen LogP contribution in [0.15, 0.2) is 90.3 Å². The number of rotatable bonds is 6. The Morgan fingerprint density at radius 1 is 0.970 bits per heavy atom. The van der Waals surface area contributed by atoms with Gasteiger partial charge in [-0.1, -0.05) is 24.3 Å². The molecule has 0 saturated heterocycles. The highest BCUT2D eigenvalue weighted by molar-refractivity contribution is 7.86. The van der Waals surface area contributed by atoms with Crippen molar-refractivity contribution in [3.8, 4) is 11.1 Å². The van der Waals surface area contributed by atoms with Gasteiger partial charge in [0.25, 0.3) is 0 Å². The summed E-state index contributed by atoms with van der Waals surface area (Å²) >= 11 is 0. The topological polar surface area (TPSA) is 70.7 Å². The van der Waals surface area contributed by atoms with Gasteiger partial charge in [-0.05, 0) is 42.0 Å². The van der Waals surface area contributed by atoms with Crippen molar-refractivity contribution in [2.75, 3.05) is 4.72 Å². The second kappa shape index (κ2) is 8.91. The van der Waals surface area contributed by atoms with Gasteiger partial charge < -0.3 is 4.98 Å². The number of hydrogen-bond acceptors (Lipinski definition) is 3. The average Bonchev–Trinajstić information content (AvgIpc) is 3.26. The van der Waals surface area contributed by atoms with Crippen molar-refractivity contribution in [2.45, 2.75) is 11.3 Å². The molecular weight excluding hydrogens is 442 g/mol. The number of fused-ring (bicyclic) bond motifs is 1. The van der Waals surface area contributed by atoms with E-state index in [2.05, 4.69) is 19.7 Å². The number of benzene rings is 2. The highest BCUT2D eigenvalue weighted by Crippen LogP contribution is 2.29. The summed E-state index contributed by atoms with van der Waals surface area (Å²) in [6.07, 6.45) is 6.85. The predicted octanol–water partition coefficient (Wildman–Crippen LogP) is 5.63. The van der Waals surface area contributed by atoms with Crippen molar-refractivity contribution in [3.05, 3.63) is 108 Å². The lowest BCUT2D eigenvalue weighted by molar-refractivity contribution is 0.564. The van der Waals surface area contributed by atoms with Crippen LogP contribution in [0, 0.1) is 11.6 Å². The van der Waals surface area contributed by atoms with Gasteiger partial charge >= 0.3 is 0 Å². The van der Waals surface area contributed by atoms with Crippen LogP contribution in [0.4, 0.5) is 14.5 Å². The molecule has 1 unspecified atom stereocenters. The Morgan fingerprint density at radius 3 is 2.61 bits per heavy atom. The highest BCUT2D eigenvalue weighted by atomic mass is 32.2. The van der Waals surface area contributed by atoms with Crippen LogP contribution in [0.1, 0.15) is 11.1 Å². The van der Waals surface area contributed by atoms with Gasteiger partial charge in [0.1, 0.15) is 22.5 Å². The molecule has 0 spiro atoms. The molecule has 164 valence electrons. The number of nitrogens with one attached hydrogen (secondary N) is 2. The van der Waals surface area contributed by atoms with Gasteiger partial charge in [-0.25, -0.2) is 18.0 Å². The molecule has 0 radical (unpaired) electrons. The minimum atomic E-state index is -1.68. The first-order chi connectivity index (χ1) is 16.1. The number of halogens is 2. The molecule has 0 saturated carbocycles. The Morgan fingerprint density at radius 2 is 1.82 bits per heavy atom. The van der Waals surface area contributed by atoms with Gasteiger partial charge in [-0.2, -0.15) is 0 Å². The van der Waals surface area contributed by atoms with Crippen LogP contribution < -0.4 is 4.72 Å². The lowest BCUT2D eigenvalue weighted by Gasteiger charge is -2.11. The molecule has 0 aliphatic rings. The zero-order valence-electron chi connectivity index (χ0n) is 17.3. The molecule has 0 aliphatic heterocycles. The van der Waals surface area contributed by atoms with Crippen molar-refractivity contribution in [3.63, 3.8) is 0 Å². The Labute approximate surface area is 191 Å². The van der Waals surface area contributed by atoms with Crippen molar-refractivity contribution in [2.24, 2.45) is 0 Å². The van der Waals surface area contributed by atoms with E-state index in [1.54, 1.807) is 55.1 Å². The third-order valence-electron chi connectivity index (χ3n) is 5.32. The van der Waals surface area contributed by atoms with Gasteiger partial charge in [-0.15, -0.1) is 0 Å². The standard InChI is InChI=1S/C25H18F2N4OS/c26-22-8-9-23(31-33(32)19-6-2-1-3-7-19)24(27)21(22)12-18-15-30-25-20(18)11-17(14-29-25)16-5-4-10-28-13-16/h1-11,13-15,31H,12H2,(H,29,30). The molecule has 0 fully saturated rings. The minimum Gasteiger partial charge on any atom is -0.346 e. The monoisotopic (exact) mass is 460 g/mol. The third-order valence-corrected chi connectivity index (χ3v) is 6.43. The summed E-state index contributed by atoms with van der Waals surface area (Å²) in [5.74, 6) is -1.45. The van der Waals surface area contributed by atoms with Crippen LogP contribution in [-0.2, 0) is 17.4 Å². The number of aromatic nitrogens is 3. The van der Waals surface area contributed by atoms with Crippen LogP contribution in [0.2, 0.25) is 0 Å². The maximum Gasteiger partial charge on any atom is 0.153 e. The fourth-order valence-electron chi connectivity index (χ4n) is 3.63. The summed E-state index contributed by atoms with van der Waals surface area (Å²) in [6, 6.07) is 16.7. The Kier molecular flexibility index (Phi) is 5.66. The van der Waals surface area contributed by atoms with E-state index in [9.17, 15) is 8.60 Å². The first-order valence-corrected chi connectivity index (χ1v) is 11.3. The molecule has 0 aliphatic carbocycles. The SMILES string of the molecule is O=S(Nc1ccc(F)c(Cc2c[nH]c3ncc(-c4cccnc4)cc23)c1F)c1ccccc1. The Balaban J connectivity index is 1.48. The molecule has 1 atom stereocenters. The van der Waals surface area contributed by atoms with Crippen LogP contribution in [-0.4, -0.2) is 19.2 Å². The summed E-state index contributed by atoms with van der Waals surface area (Å²) in [7, 11) is -1.68. The first-order valence-electron chi connectivity index (χ1n) is 10.2. The first kappa shape index (κ1) is 21.0. The highest BCUT2D eigenvalue weighted by Gasteiger charge is 2.18. The molecule has 0 bridgehead atoms. The van der Waals surface area contributed by atoms with Crippen LogP contribution in [0.3, 0.4) is 0 Å². The molecule has 0 amide bonds. The predicted molar refractivity (Wildman–Crippen MR) is 125 cm³/mol. The summed E-state index contributed by atoms with van der Waals surface area (Å²) in [6.45, 7) is 0. The maximum absolute atomic E-state index is 15.3. The van der Waals surface area contributed by atoms with E-state index in [-0.39, 0.29) is 17.7 Å². The number of anilines is 1. The zero-order valence-corrected chi connectivity index (χ0v) is 18.1. The fourth-order valence-corrected chi connectivity index (χ4v) is 4.51. The number of aromatic amines is 1. The quantitative estimate of drug-likeness (QED) is 0.345. The third kappa shape index (κ3) is 4.25. The van der Waals surface area contributed by atoms with E-state index < -0.39 is 22.6 Å². The minimum absolute atomic E-state index is 0.00331. The van der Waals surface area contributed by atoms with Crippen molar-refractivity contribution >= 4 is 27.7 Å². The van der Waals surface area contributed by atoms with Gasteiger partial charge in [0.05, 0.1) is 10.6 Å². The van der Waals surface area contributed by atoms with Gasteiger partial charge in [0, 0.05) is 53.3 Å². The van der Waals surface area contributed by atoms with E-state index in [1.807, 2.05) is 18.2 Å². The van der Waals surface area contributed by atoms with Crippen molar-refractivity contribution in [1.82, 2.24) is 15.0 Å². The number of nitrogens with zero attached hydrogens (tertiary/aromatic N) is 2. The van der Waals surface area contributed by atoms with E-state index in [4.69, 9.17) is 0 Å². The van der Waals surface area contributed by atoms with E-state index in [1.165, 1.54) is 12.1 Å². The molecule has 5 aromatic rings. The van der Waals surface area contributed by atoms with Gasteiger partial charge in [-0.3, -0.25) is 9.71 Å². The molecule has 3 heterocycles. The van der Waals surface area contributed by atoms with Crippen molar-refractivity contribution < 1.29 is 13.0 Å². The zero-order chi connectivity index (χ0) is 22.8. The lowest BCUT2D eigenvalue weighted by atomic mass is 10.0. The fraction of sp³-hybridized carbons (Fsp3) is 0.0400. The Bertz CT molecular complexity index is 1460. The van der Waals surface area contributed by atoms with E-state index in [0.717, 1.165) is 16.5 Å². The smallest absolute Gasteiger partial charge is 0.153 e. The van der Waals surface area contributed by atoms with Crippen LogP contribution in [0.25, 0.3) is 22.2 Å². The molecule has 2 N–H and O–H groups in total. The largest absolute Gasteiger partial charge is 0.346 e. The molecule has 5 rings (SSSR count). The van der Waals surface area contributed by atoms with E-state index >= 15 is 4.39 Å².